The normalized spacial score (nSPS) is 13.2. The van der Waals surface area contributed by atoms with Gasteiger partial charge in [-0.25, -0.2) is 8.78 Å². The van der Waals surface area contributed by atoms with Gasteiger partial charge in [0.2, 0.25) is 0 Å². The fraction of sp³-hybridized carbons (Fsp3) is 0.200. The first-order valence-electron chi connectivity index (χ1n) is 6.29. The molecule has 0 amide bonds. The molecule has 135 valence electrons. The van der Waals surface area contributed by atoms with E-state index in [2.05, 4.69) is 6.07 Å². The van der Waals surface area contributed by atoms with Gasteiger partial charge in [-0.3, -0.25) is 0 Å². The van der Waals surface area contributed by atoms with Gasteiger partial charge in [-0.2, -0.15) is 26.3 Å². The second kappa shape index (κ2) is 6.82. The monoisotopic (exact) mass is 591 g/mol. The van der Waals surface area contributed by atoms with Crippen molar-refractivity contribution in [1.29, 1.82) is 0 Å². The number of hydrogen-bond donors (Lipinski definition) is 0. The lowest BCUT2D eigenvalue weighted by Crippen LogP contribution is -2.50. The molecule has 0 nitrogen and oxygen atoms in total. The molecule has 1 radical (unpaired) electrons. The number of alkyl halides is 7. The average Bonchev–Trinajstić information content (AvgIpc) is 2.43. The van der Waals surface area contributed by atoms with E-state index in [1.54, 1.807) is 0 Å². The second-order valence-electron chi connectivity index (χ2n) is 4.88. The Bertz CT molecular complexity index is 781. The van der Waals surface area contributed by atoms with Gasteiger partial charge in [0.25, 0.3) is 0 Å². The zero-order valence-electron chi connectivity index (χ0n) is 11.7. The van der Waals surface area contributed by atoms with Crippen molar-refractivity contribution >= 4 is 45.2 Å². The first-order valence-corrected chi connectivity index (χ1v) is 8.45. The quantitative estimate of drug-likeness (QED) is 0.267. The van der Waals surface area contributed by atoms with Crippen LogP contribution in [0.3, 0.4) is 0 Å². The molecule has 0 saturated heterocycles. The van der Waals surface area contributed by atoms with Gasteiger partial charge in [0.05, 0.1) is 0 Å². The molecular weight excluding hydrogens is 586 g/mol. The maximum atomic E-state index is 14.6. The zero-order chi connectivity index (χ0) is 19.2. The van der Waals surface area contributed by atoms with Crippen LogP contribution >= 0.6 is 45.2 Å². The number of benzene rings is 2. The lowest BCUT2D eigenvalue weighted by atomic mass is 9.87. The summed E-state index contributed by atoms with van der Waals surface area (Å²) in [5.74, 6) is -0.888. The van der Waals surface area contributed by atoms with E-state index in [9.17, 15) is 35.1 Å². The molecule has 0 aromatic heterocycles. The Morgan fingerprint density at radius 3 is 1.88 bits per heavy atom. The summed E-state index contributed by atoms with van der Waals surface area (Å²) in [7, 11) is 0. The summed E-state index contributed by atoms with van der Waals surface area (Å²) >= 11 is 2.87. The number of rotatable bonds is 2. The van der Waals surface area contributed by atoms with E-state index in [0.717, 1.165) is 24.3 Å². The summed E-state index contributed by atoms with van der Waals surface area (Å²) in [5, 5.41) is 0. The summed E-state index contributed by atoms with van der Waals surface area (Å²) < 4.78 is 106. The highest BCUT2D eigenvalue weighted by atomic mass is 127. The molecule has 0 saturated carbocycles. The fourth-order valence-corrected chi connectivity index (χ4v) is 4.17. The van der Waals surface area contributed by atoms with Gasteiger partial charge in [-0.1, -0.05) is 12.1 Å². The molecule has 0 fully saturated rings. The fourth-order valence-electron chi connectivity index (χ4n) is 2.18. The smallest absolute Gasteiger partial charge is 0.218 e. The molecule has 0 aliphatic heterocycles. The van der Waals surface area contributed by atoms with Crippen LogP contribution in [-0.2, 0) is 5.67 Å². The molecule has 0 unspecified atom stereocenters. The minimum Gasteiger partial charge on any atom is -0.218 e. The van der Waals surface area contributed by atoms with Gasteiger partial charge >= 0.3 is 18.0 Å². The molecule has 0 bridgehead atoms. The molecular formula is C15H5F8I2. The number of hydrogen-bond acceptors (Lipinski definition) is 0. The SMILES string of the molecule is Fc1cccc(-c2c(I)[c]c(I)cc2C(F)(C(F)(F)F)C(F)(F)F)c1. The largest absolute Gasteiger partial charge is 0.435 e. The highest BCUT2D eigenvalue weighted by Crippen LogP contribution is 2.56. The van der Waals surface area contributed by atoms with Crippen molar-refractivity contribution < 1.29 is 35.1 Å². The van der Waals surface area contributed by atoms with Gasteiger partial charge in [0.1, 0.15) is 5.82 Å². The van der Waals surface area contributed by atoms with Crippen LogP contribution in [0.2, 0.25) is 0 Å². The van der Waals surface area contributed by atoms with Gasteiger partial charge in [-0.05, 0) is 68.9 Å². The molecule has 25 heavy (non-hydrogen) atoms. The molecule has 0 heterocycles. The van der Waals surface area contributed by atoms with Gasteiger partial charge in [0.15, 0.2) is 0 Å². The molecule has 0 aliphatic carbocycles. The Morgan fingerprint density at radius 1 is 0.840 bits per heavy atom. The van der Waals surface area contributed by atoms with Crippen LogP contribution in [0.25, 0.3) is 11.1 Å². The standard InChI is InChI=1S/C15H5F8I2/c16-8-3-1-2-7(4-8)12-10(5-9(24)6-11(12)25)13(17,14(18,19)20)15(21,22)23/h1-5H. The molecule has 2 aromatic carbocycles. The van der Waals surface area contributed by atoms with E-state index in [-0.39, 0.29) is 12.7 Å². The minimum absolute atomic E-state index is 0.146. The van der Waals surface area contributed by atoms with E-state index < -0.39 is 35.0 Å². The van der Waals surface area contributed by atoms with Gasteiger partial charge in [0, 0.05) is 24.3 Å². The summed E-state index contributed by atoms with van der Waals surface area (Å²) in [5.41, 5.74) is -8.29. The van der Waals surface area contributed by atoms with Crippen molar-refractivity contribution in [2.75, 3.05) is 0 Å². The summed E-state index contributed by atoms with van der Waals surface area (Å²) in [6.45, 7) is 0. The van der Waals surface area contributed by atoms with Gasteiger partial charge < -0.3 is 0 Å². The van der Waals surface area contributed by atoms with Crippen LogP contribution in [0.15, 0.2) is 30.3 Å². The Balaban J connectivity index is 2.94. The topological polar surface area (TPSA) is 0 Å². The van der Waals surface area contributed by atoms with Crippen molar-refractivity contribution in [3.8, 4) is 11.1 Å². The van der Waals surface area contributed by atoms with Crippen LogP contribution in [0.1, 0.15) is 5.56 Å². The summed E-state index contributed by atoms with van der Waals surface area (Å²) in [4.78, 5) is 0. The van der Waals surface area contributed by atoms with E-state index in [0.29, 0.717) is 6.07 Å². The van der Waals surface area contributed by atoms with E-state index >= 15 is 0 Å². The predicted molar refractivity (Wildman–Crippen MR) is 91.0 cm³/mol. The van der Waals surface area contributed by atoms with Crippen LogP contribution in [0.4, 0.5) is 35.1 Å². The predicted octanol–water partition coefficient (Wildman–Crippen LogP) is 6.79. The Morgan fingerprint density at radius 2 is 1.40 bits per heavy atom. The van der Waals surface area contributed by atoms with Crippen LogP contribution in [0, 0.1) is 19.0 Å². The third-order valence-electron chi connectivity index (χ3n) is 3.25. The van der Waals surface area contributed by atoms with Crippen molar-refractivity contribution in [3.05, 3.63) is 54.9 Å². The highest BCUT2D eigenvalue weighted by Gasteiger charge is 2.74. The van der Waals surface area contributed by atoms with E-state index in [1.807, 2.05) is 0 Å². The van der Waals surface area contributed by atoms with Gasteiger partial charge in [-0.15, -0.1) is 0 Å². The second-order valence-corrected chi connectivity index (χ2v) is 7.13. The molecule has 0 N–H and O–H groups in total. The Kier molecular flexibility index (Phi) is 5.63. The van der Waals surface area contributed by atoms with Crippen molar-refractivity contribution in [2.24, 2.45) is 0 Å². The molecule has 2 rings (SSSR count). The van der Waals surface area contributed by atoms with Crippen LogP contribution in [-0.4, -0.2) is 12.4 Å². The average molecular weight is 591 g/mol. The Hall–Kier alpha value is -0.660. The van der Waals surface area contributed by atoms with Crippen molar-refractivity contribution in [3.63, 3.8) is 0 Å². The molecule has 0 spiro atoms. The van der Waals surface area contributed by atoms with Crippen LogP contribution in [0.5, 0.6) is 0 Å². The highest BCUT2D eigenvalue weighted by molar-refractivity contribution is 14.1. The molecule has 10 heteroatoms. The first kappa shape index (κ1) is 20.6. The molecule has 2 aromatic rings. The minimum atomic E-state index is -6.26. The third kappa shape index (κ3) is 3.74. The first-order chi connectivity index (χ1) is 11.3. The third-order valence-corrected chi connectivity index (χ3v) is 4.64. The summed E-state index contributed by atoms with van der Waals surface area (Å²) in [6.07, 6.45) is -12.5. The lowest BCUT2D eigenvalue weighted by Gasteiger charge is -2.32. The van der Waals surface area contributed by atoms with Crippen molar-refractivity contribution in [2.45, 2.75) is 18.0 Å². The zero-order valence-corrected chi connectivity index (χ0v) is 16.0. The molecule has 0 atom stereocenters. The molecule has 0 aliphatic rings. The van der Waals surface area contributed by atoms with Crippen LogP contribution < -0.4 is 0 Å². The maximum Gasteiger partial charge on any atom is 0.435 e. The maximum absolute atomic E-state index is 14.6. The van der Waals surface area contributed by atoms with E-state index in [1.165, 1.54) is 45.2 Å². The Labute approximate surface area is 163 Å². The van der Waals surface area contributed by atoms with E-state index in [4.69, 9.17) is 0 Å². The summed E-state index contributed by atoms with van der Waals surface area (Å²) in [6, 6.07) is 6.83. The number of halogens is 10. The van der Waals surface area contributed by atoms with Crippen molar-refractivity contribution in [1.82, 2.24) is 0 Å². The lowest BCUT2D eigenvalue weighted by molar-refractivity contribution is -0.348.